The zero-order valence-corrected chi connectivity index (χ0v) is 10.0. The fourth-order valence-electron chi connectivity index (χ4n) is 2.10. The van der Waals surface area contributed by atoms with Crippen LogP contribution >= 0.6 is 12.4 Å². The molecule has 0 unspecified atom stereocenters. The molecule has 0 spiro atoms. The Morgan fingerprint density at radius 2 is 1.87 bits per heavy atom. The minimum atomic E-state index is -0.713. The smallest absolute Gasteiger partial charge is 0.304 e. The minimum Gasteiger partial charge on any atom is -0.481 e. The summed E-state index contributed by atoms with van der Waals surface area (Å²) in [6.07, 6.45) is 8.40. The van der Waals surface area contributed by atoms with Crippen LogP contribution in [0.3, 0.4) is 0 Å². The van der Waals surface area contributed by atoms with Gasteiger partial charge >= 0.3 is 5.97 Å². The van der Waals surface area contributed by atoms with Crippen molar-refractivity contribution in [2.24, 2.45) is 5.92 Å². The maximum Gasteiger partial charge on any atom is 0.304 e. The third-order valence-electron chi connectivity index (χ3n) is 2.97. The van der Waals surface area contributed by atoms with Crippen LogP contribution in [0.25, 0.3) is 0 Å². The molecule has 0 bridgehead atoms. The highest BCUT2D eigenvalue weighted by Crippen LogP contribution is 2.25. The third kappa shape index (κ3) is 7.63. The summed E-state index contributed by atoms with van der Waals surface area (Å²) in [5.74, 6) is 0.177. The van der Waals surface area contributed by atoms with E-state index in [9.17, 15) is 4.79 Å². The standard InChI is InChI=1S/C11H21NO2.ClH/c13-11(14)7-9-12-8-6-10-4-2-1-3-5-10;/h10,12H,1-9H2,(H,13,14);1H. The number of hydrogen-bond donors (Lipinski definition) is 2. The fourth-order valence-corrected chi connectivity index (χ4v) is 2.10. The lowest BCUT2D eigenvalue weighted by Gasteiger charge is -2.21. The van der Waals surface area contributed by atoms with Crippen LogP contribution in [0.15, 0.2) is 0 Å². The summed E-state index contributed by atoms with van der Waals surface area (Å²) in [5, 5.41) is 11.6. The lowest BCUT2D eigenvalue weighted by Crippen LogP contribution is -2.22. The molecule has 1 fully saturated rings. The molecule has 0 saturated heterocycles. The molecule has 0 amide bonds. The van der Waals surface area contributed by atoms with Crippen molar-refractivity contribution >= 4 is 18.4 Å². The van der Waals surface area contributed by atoms with Gasteiger partial charge in [-0.05, 0) is 18.9 Å². The van der Waals surface area contributed by atoms with Crippen molar-refractivity contribution in [2.45, 2.75) is 44.9 Å². The highest BCUT2D eigenvalue weighted by atomic mass is 35.5. The van der Waals surface area contributed by atoms with E-state index in [-0.39, 0.29) is 18.8 Å². The molecule has 0 aromatic rings. The van der Waals surface area contributed by atoms with E-state index in [0.717, 1.165) is 12.5 Å². The second-order valence-electron chi connectivity index (χ2n) is 4.19. The Hall–Kier alpha value is -0.280. The van der Waals surface area contributed by atoms with Gasteiger partial charge in [0.1, 0.15) is 0 Å². The summed E-state index contributed by atoms with van der Waals surface area (Å²) in [6, 6.07) is 0. The van der Waals surface area contributed by atoms with Gasteiger partial charge in [0.15, 0.2) is 0 Å². The van der Waals surface area contributed by atoms with E-state index in [1.807, 2.05) is 0 Å². The van der Waals surface area contributed by atoms with E-state index in [1.54, 1.807) is 0 Å². The Morgan fingerprint density at radius 3 is 2.47 bits per heavy atom. The molecule has 3 nitrogen and oxygen atoms in total. The molecule has 15 heavy (non-hydrogen) atoms. The third-order valence-corrected chi connectivity index (χ3v) is 2.97. The van der Waals surface area contributed by atoms with Crippen LogP contribution in [0, 0.1) is 5.92 Å². The van der Waals surface area contributed by atoms with Gasteiger partial charge in [0.2, 0.25) is 0 Å². The zero-order chi connectivity index (χ0) is 10.2. The number of carbonyl (C=O) groups is 1. The molecule has 0 aromatic heterocycles. The van der Waals surface area contributed by atoms with Gasteiger partial charge in [-0.3, -0.25) is 4.79 Å². The maximum absolute atomic E-state index is 10.2. The van der Waals surface area contributed by atoms with Crippen LogP contribution in [0.1, 0.15) is 44.9 Å². The zero-order valence-electron chi connectivity index (χ0n) is 9.21. The van der Waals surface area contributed by atoms with E-state index < -0.39 is 5.97 Å². The van der Waals surface area contributed by atoms with E-state index >= 15 is 0 Å². The van der Waals surface area contributed by atoms with Crippen LogP contribution in [0.2, 0.25) is 0 Å². The summed E-state index contributed by atoms with van der Waals surface area (Å²) >= 11 is 0. The first kappa shape index (κ1) is 14.7. The monoisotopic (exact) mass is 235 g/mol. The Balaban J connectivity index is 0.00000196. The minimum absolute atomic E-state index is 0. The molecule has 0 aliphatic heterocycles. The molecule has 1 rings (SSSR count). The highest BCUT2D eigenvalue weighted by molar-refractivity contribution is 5.85. The van der Waals surface area contributed by atoms with Crippen molar-refractivity contribution in [1.82, 2.24) is 5.32 Å². The highest BCUT2D eigenvalue weighted by Gasteiger charge is 2.12. The Morgan fingerprint density at radius 1 is 1.20 bits per heavy atom. The number of halogens is 1. The summed E-state index contributed by atoms with van der Waals surface area (Å²) < 4.78 is 0. The number of rotatable bonds is 6. The van der Waals surface area contributed by atoms with Gasteiger partial charge in [-0.15, -0.1) is 12.4 Å². The topological polar surface area (TPSA) is 49.3 Å². The molecular weight excluding hydrogens is 214 g/mol. The average Bonchev–Trinajstić information content (AvgIpc) is 2.18. The fraction of sp³-hybridized carbons (Fsp3) is 0.909. The first-order valence-corrected chi connectivity index (χ1v) is 5.71. The summed E-state index contributed by atoms with van der Waals surface area (Å²) in [7, 11) is 0. The van der Waals surface area contributed by atoms with Gasteiger partial charge in [-0.1, -0.05) is 32.1 Å². The van der Waals surface area contributed by atoms with Crippen molar-refractivity contribution in [3.63, 3.8) is 0 Å². The van der Waals surface area contributed by atoms with Gasteiger partial charge in [0.25, 0.3) is 0 Å². The molecule has 0 atom stereocenters. The summed E-state index contributed by atoms with van der Waals surface area (Å²) in [4.78, 5) is 10.2. The number of carboxylic acids is 1. The number of hydrogen-bond acceptors (Lipinski definition) is 2. The predicted molar refractivity (Wildman–Crippen MR) is 63.6 cm³/mol. The van der Waals surface area contributed by atoms with Crippen LogP contribution < -0.4 is 5.32 Å². The Kier molecular flexibility index (Phi) is 8.82. The number of nitrogens with one attached hydrogen (secondary N) is 1. The van der Waals surface area contributed by atoms with Gasteiger partial charge in [0.05, 0.1) is 6.42 Å². The molecule has 0 radical (unpaired) electrons. The van der Waals surface area contributed by atoms with E-state index in [1.165, 1.54) is 38.5 Å². The van der Waals surface area contributed by atoms with E-state index in [2.05, 4.69) is 5.32 Å². The molecule has 2 N–H and O–H groups in total. The molecule has 1 saturated carbocycles. The largest absolute Gasteiger partial charge is 0.481 e. The van der Waals surface area contributed by atoms with Gasteiger partial charge in [0, 0.05) is 6.54 Å². The summed E-state index contributed by atoms with van der Waals surface area (Å²) in [6.45, 7) is 1.60. The Labute approximate surface area is 98.0 Å². The van der Waals surface area contributed by atoms with Crippen molar-refractivity contribution in [3.8, 4) is 0 Å². The lowest BCUT2D eigenvalue weighted by atomic mass is 9.87. The van der Waals surface area contributed by atoms with Crippen LogP contribution in [0.5, 0.6) is 0 Å². The first-order valence-electron chi connectivity index (χ1n) is 5.71. The second kappa shape index (κ2) is 8.98. The van der Waals surface area contributed by atoms with Gasteiger partial charge in [-0.25, -0.2) is 0 Å². The molecule has 1 aliphatic rings. The van der Waals surface area contributed by atoms with E-state index in [4.69, 9.17) is 5.11 Å². The second-order valence-corrected chi connectivity index (χ2v) is 4.19. The number of aliphatic carboxylic acids is 1. The van der Waals surface area contributed by atoms with Crippen molar-refractivity contribution in [1.29, 1.82) is 0 Å². The molecular formula is C11H22ClNO2. The normalized spacial score (nSPS) is 17.1. The van der Waals surface area contributed by atoms with E-state index in [0.29, 0.717) is 6.54 Å². The van der Waals surface area contributed by atoms with Gasteiger partial charge < -0.3 is 10.4 Å². The molecule has 1 aliphatic carbocycles. The Bertz CT molecular complexity index is 170. The van der Waals surface area contributed by atoms with Crippen LogP contribution in [0.4, 0.5) is 0 Å². The average molecular weight is 236 g/mol. The molecule has 90 valence electrons. The predicted octanol–water partition coefficient (Wildman–Crippen LogP) is 2.44. The maximum atomic E-state index is 10.2. The molecule has 0 aromatic carbocycles. The van der Waals surface area contributed by atoms with Crippen molar-refractivity contribution in [2.75, 3.05) is 13.1 Å². The first-order chi connectivity index (χ1) is 6.79. The van der Waals surface area contributed by atoms with Gasteiger partial charge in [-0.2, -0.15) is 0 Å². The van der Waals surface area contributed by atoms with Crippen molar-refractivity contribution < 1.29 is 9.90 Å². The molecule has 4 heteroatoms. The number of carboxylic acid groups (broad SMARTS) is 1. The van der Waals surface area contributed by atoms with Crippen LogP contribution in [-0.4, -0.2) is 24.2 Å². The van der Waals surface area contributed by atoms with Crippen molar-refractivity contribution in [3.05, 3.63) is 0 Å². The van der Waals surface area contributed by atoms with Crippen LogP contribution in [-0.2, 0) is 4.79 Å². The quantitative estimate of drug-likeness (QED) is 0.696. The summed E-state index contributed by atoms with van der Waals surface area (Å²) in [5.41, 5.74) is 0. The SMILES string of the molecule is Cl.O=C(O)CCNCCC1CCCCC1. The molecule has 0 heterocycles. The lowest BCUT2D eigenvalue weighted by molar-refractivity contribution is -0.136.